The molecule has 0 radical (unpaired) electrons. The van der Waals surface area contributed by atoms with Gasteiger partial charge in [-0.15, -0.1) is 0 Å². The Kier molecular flexibility index (Phi) is 6.28. The first-order valence-electron chi connectivity index (χ1n) is 9.12. The van der Waals surface area contributed by atoms with Gasteiger partial charge in [-0.25, -0.2) is 0 Å². The lowest BCUT2D eigenvalue weighted by Crippen LogP contribution is -2.24. The van der Waals surface area contributed by atoms with Crippen LogP contribution in [0.1, 0.15) is 22.3 Å². The molecule has 3 aromatic carbocycles. The predicted octanol–water partition coefficient (Wildman–Crippen LogP) is 5.87. The third-order valence-electron chi connectivity index (χ3n) is 4.40. The molecular weight excluding hydrogens is 331 g/mol. The average molecular weight is 356 g/mol. The van der Waals surface area contributed by atoms with E-state index in [4.69, 9.17) is 0 Å². The molecule has 0 amide bonds. The monoisotopic (exact) mass is 356 g/mol. The number of nitrogens with one attached hydrogen (secondary N) is 1. The Balaban J connectivity index is 1.71. The van der Waals surface area contributed by atoms with Crippen LogP contribution in [0.25, 0.3) is 0 Å². The van der Waals surface area contributed by atoms with Gasteiger partial charge in [0.25, 0.3) is 0 Å². The van der Waals surface area contributed by atoms with E-state index in [0.717, 1.165) is 11.0 Å². The van der Waals surface area contributed by atoms with Crippen LogP contribution in [0.3, 0.4) is 0 Å². The topological polar surface area (TPSA) is 24.4 Å². The molecule has 0 unspecified atom stereocenters. The second-order valence-electron chi connectivity index (χ2n) is 6.91. The van der Waals surface area contributed by atoms with E-state index in [1.165, 1.54) is 27.9 Å². The van der Waals surface area contributed by atoms with Crippen LogP contribution < -0.4 is 4.30 Å². The van der Waals surface area contributed by atoms with Crippen LogP contribution >= 0.6 is 0 Å². The average Bonchev–Trinajstić information content (AvgIpc) is 2.62. The van der Waals surface area contributed by atoms with E-state index in [-0.39, 0.29) is 0 Å². The maximum Gasteiger partial charge on any atom is 0.412 e. The van der Waals surface area contributed by atoms with Gasteiger partial charge in [0.1, 0.15) is 0 Å². The molecule has 3 heteroatoms. The van der Waals surface area contributed by atoms with Gasteiger partial charge in [0.2, 0.25) is 0 Å². The second-order valence-corrected chi connectivity index (χ2v) is 9.41. The lowest BCUT2D eigenvalue weighted by atomic mass is 10.1. The Labute approximate surface area is 161 Å². The third kappa shape index (κ3) is 5.33. The van der Waals surface area contributed by atoms with Gasteiger partial charge in [-0.05, 0) is 54.5 Å². The maximum atomic E-state index is 4.65. The zero-order valence-electron chi connectivity index (χ0n) is 15.7. The van der Waals surface area contributed by atoms with Crippen molar-refractivity contribution in [3.63, 3.8) is 0 Å². The number of benzene rings is 3. The molecule has 3 aromatic rings. The molecule has 0 aromatic heterocycles. The summed E-state index contributed by atoms with van der Waals surface area (Å²) in [7, 11) is 0. The van der Waals surface area contributed by atoms with Gasteiger partial charge >= 0.3 is 14.4 Å². The van der Waals surface area contributed by atoms with E-state index in [9.17, 15) is 0 Å². The predicted molar refractivity (Wildman–Crippen MR) is 115 cm³/mol. The summed E-state index contributed by atoms with van der Waals surface area (Å²) in [5.74, 6) is 2.36. The van der Waals surface area contributed by atoms with E-state index in [2.05, 4.69) is 102 Å². The number of rotatable bonds is 6. The summed E-state index contributed by atoms with van der Waals surface area (Å²) in [5.41, 5.74) is 7.35. The zero-order valence-corrected chi connectivity index (χ0v) is 16.9. The summed E-state index contributed by atoms with van der Waals surface area (Å²) in [6.45, 7) is 4.23. The highest BCUT2D eigenvalue weighted by Crippen LogP contribution is 2.16. The standard InChI is InChI=1S/C15H14N.C7H8N.CH3.Al/c1-12-7-9-15(10-8-12)16-11-14-6-4-3-5-13(14)2;1-6-3-2-4-7(8)5-6;;/h3-11H,2H2,1H3;2-5,8H,1H3;1H3;/q;-1;;+1. The van der Waals surface area contributed by atoms with Crippen molar-refractivity contribution in [1.29, 1.82) is 0 Å². The quantitative estimate of drug-likeness (QED) is 0.433. The molecule has 0 aliphatic carbocycles. The van der Waals surface area contributed by atoms with Gasteiger partial charge in [0.15, 0.2) is 0 Å². The van der Waals surface area contributed by atoms with E-state index in [1.54, 1.807) is 0 Å². The van der Waals surface area contributed by atoms with Gasteiger partial charge in [-0.2, -0.15) is 0 Å². The molecule has 0 fully saturated rings. The van der Waals surface area contributed by atoms with Crippen molar-refractivity contribution >= 4 is 32.0 Å². The summed E-state index contributed by atoms with van der Waals surface area (Å²) in [5, 5.41) is 1.09. The molecule has 0 bridgehead atoms. The number of hydrogen-bond donors (Lipinski definition) is 1. The van der Waals surface area contributed by atoms with Crippen LogP contribution in [-0.2, 0) is 5.28 Å². The van der Waals surface area contributed by atoms with Crippen LogP contribution in [0.4, 0.5) is 11.4 Å². The molecule has 26 heavy (non-hydrogen) atoms. The molecular formula is C23H25AlN2. The van der Waals surface area contributed by atoms with E-state index in [1.807, 2.05) is 6.21 Å². The fourth-order valence-electron chi connectivity index (χ4n) is 3.02. The summed E-state index contributed by atoms with van der Waals surface area (Å²) in [4.78, 5) is 4.65. The Morgan fingerprint density at radius 3 is 2.42 bits per heavy atom. The van der Waals surface area contributed by atoms with E-state index < -0.39 is 14.4 Å². The molecule has 2 nitrogen and oxygen atoms in total. The molecule has 3 rings (SSSR count). The number of hydrogen-bond acceptors (Lipinski definition) is 2. The summed E-state index contributed by atoms with van der Waals surface area (Å²) in [6, 6.07) is 25.5. The molecule has 1 N–H and O–H groups in total. The summed E-state index contributed by atoms with van der Waals surface area (Å²) < 4.78 is 3.73. The summed E-state index contributed by atoms with van der Waals surface area (Å²) in [6.07, 6.45) is 1.99. The molecule has 130 valence electrons. The van der Waals surface area contributed by atoms with Gasteiger partial charge in [-0.3, -0.25) is 4.99 Å². The SMILES string of the molecule is Cc1ccc(N=Cc2ccccc2[CH2][Al]([CH3])[NH]c2cccc(C)c2)cc1. The van der Waals surface area contributed by atoms with Crippen LogP contribution in [-0.4, -0.2) is 20.6 Å². The maximum absolute atomic E-state index is 4.65. The molecule has 0 spiro atoms. The van der Waals surface area contributed by atoms with Crippen LogP contribution in [0.2, 0.25) is 5.79 Å². The molecule has 0 saturated carbocycles. The highest BCUT2D eigenvalue weighted by atomic mass is 27.2. The minimum Gasteiger partial charge on any atom is -0.476 e. The van der Waals surface area contributed by atoms with E-state index >= 15 is 0 Å². The minimum absolute atomic E-state index is 0.994. The normalized spacial score (nSPS) is 10.9. The highest BCUT2D eigenvalue weighted by Gasteiger charge is 2.14. The van der Waals surface area contributed by atoms with Crippen molar-refractivity contribution in [2.24, 2.45) is 4.99 Å². The lowest BCUT2D eigenvalue weighted by molar-refractivity contribution is 1.33. The van der Waals surface area contributed by atoms with Crippen molar-refractivity contribution in [2.45, 2.75) is 24.9 Å². The van der Waals surface area contributed by atoms with Gasteiger partial charge in [0.05, 0.1) is 5.69 Å². The Bertz CT molecular complexity index is 885. The van der Waals surface area contributed by atoms with Crippen LogP contribution in [0.15, 0.2) is 77.8 Å². The molecule has 0 saturated heterocycles. The van der Waals surface area contributed by atoms with Crippen molar-refractivity contribution in [1.82, 2.24) is 0 Å². The lowest BCUT2D eigenvalue weighted by Gasteiger charge is -2.13. The van der Waals surface area contributed by atoms with Crippen molar-refractivity contribution in [3.05, 3.63) is 95.1 Å². The smallest absolute Gasteiger partial charge is 0.412 e. The Morgan fingerprint density at radius 1 is 0.885 bits per heavy atom. The fourth-order valence-corrected chi connectivity index (χ4v) is 4.90. The molecule has 0 heterocycles. The summed E-state index contributed by atoms with van der Waals surface area (Å²) >= 11 is -1.12. The molecule has 0 aliphatic heterocycles. The first kappa shape index (κ1) is 18.5. The van der Waals surface area contributed by atoms with Gasteiger partial charge < -0.3 is 4.30 Å². The fraction of sp³-hybridized carbons (Fsp3) is 0.174. The van der Waals surface area contributed by atoms with Gasteiger partial charge in [0, 0.05) is 11.9 Å². The highest BCUT2D eigenvalue weighted by molar-refractivity contribution is 6.60. The van der Waals surface area contributed by atoms with E-state index in [0.29, 0.717) is 0 Å². The number of aliphatic imine (C=N–C) groups is 1. The first-order chi connectivity index (χ1) is 12.6. The number of anilines is 1. The van der Waals surface area contributed by atoms with Crippen molar-refractivity contribution in [3.8, 4) is 0 Å². The largest absolute Gasteiger partial charge is 0.476 e. The van der Waals surface area contributed by atoms with Crippen LogP contribution in [0, 0.1) is 13.8 Å². The number of nitrogens with zero attached hydrogens (tertiary/aromatic N) is 1. The Hall–Kier alpha value is -2.34. The molecule has 0 atom stereocenters. The van der Waals surface area contributed by atoms with Crippen molar-refractivity contribution < 1.29 is 0 Å². The number of aryl methyl sites for hydroxylation is 2. The molecule has 0 aliphatic rings. The van der Waals surface area contributed by atoms with Crippen LogP contribution in [0.5, 0.6) is 0 Å². The second kappa shape index (κ2) is 8.85. The minimum atomic E-state index is -1.12. The zero-order chi connectivity index (χ0) is 18.4. The third-order valence-corrected chi connectivity index (χ3v) is 6.28. The Morgan fingerprint density at radius 2 is 1.65 bits per heavy atom. The van der Waals surface area contributed by atoms with Gasteiger partial charge in [-0.1, -0.05) is 65.4 Å². The van der Waals surface area contributed by atoms with Crippen molar-refractivity contribution in [2.75, 3.05) is 4.30 Å². The first-order valence-corrected chi connectivity index (χ1v) is 11.7.